The molecule has 0 bridgehead atoms. The lowest BCUT2D eigenvalue weighted by atomic mass is 10.1. The van der Waals surface area contributed by atoms with Crippen LogP contribution < -0.4 is 5.73 Å². The lowest BCUT2D eigenvalue weighted by Gasteiger charge is -2.04. The molecule has 0 amide bonds. The van der Waals surface area contributed by atoms with Crippen LogP contribution in [-0.2, 0) is 32.3 Å². The van der Waals surface area contributed by atoms with E-state index >= 15 is 0 Å². The van der Waals surface area contributed by atoms with Crippen LogP contribution in [-0.4, -0.2) is 28.0 Å². The van der Waals surface area contributed by atoms with Crippen molar-refractivity contribution in [3.05, 3.63) is 88.6 Å². The number of ether oxygens (including phenoxy) is 2. The number of nitrogens with zero attached hydrogens (tertiary/aromatic N) is 1. The van der Waals surface area contributed by atoms with Gasteiger partial charge in [0.05, 0.1) is 5.57 Å². The molecule has 0 unspecified atom stereocenters. The number of aliphatic carboxylic acids is 1. The number of hydrogen-bond donors (Lipinski definition) is 2. The summed E-state index contributed by atoms with van der Waals surface area (Å²) in [5, 5.41) is 9.67. The van der Waals surface area contributed by atoms with Crippen molar-refractivity contribution in [3.63, 3.8) is 0 Å². The highest BCUT2D eigenvalue weighted by molar-refractivity contribution is 7.17. The Labute approximate surface area is 200 Å². The number of carbonyl (C=O) groups excluding carboxylic acids is 2. The zero-order valence-electron chi connectivity index (χ0n) is 18.3. The summed E-state index contributed by atoms with van der Waals surface area (Å²) in [7, 11) is 0. The van der Waals surface area contributed by atoms with Crippen molar-refractivity contribution in [2.75, 3.05) is 5.73 Å². The molecule has 9 heteroatoms. The molecule has 0 atom stereocenters. The SMILES string of the molecule is Nc1sc(C(=O)OCc2ccccc2)nc1C(=CCCCC(=O)OCc1ccccc1)C(=O)O. The third-order valence-corrected chi connectivity index (χ3v) is 5.57. The second-order valence-corrected chi connectivity index (χ2v) is 8.29. The Hall–Kier alpha value is -3.98. The van der Waals surface area contributed by atoms with Crippen LogP contribution in [0.4, 0.5) is 5.00 Å². The molecule has 3 N–H and O–H groups in total. The average molecular weight is 481 g/mol. The molecule has 0 aliphatic carbocycles. The van der Waals surface area contributed by atoms with Gasteiger partial charge in [-0.2, -0.15) is 0 Å². The zero-order valence-corrected chi connectivity index (χ0v) is 19.1. The van der Waals surface area contributed by atoms with Crippen LogP contribution >= 0.6 is 11.3 Å². The number of unbranched alkanes of at least 4 members (excludes halogenated alkanes) is 1. The highest BCUT2D eigenvalue weighted by Gasteiger charge is 2.22. The molecular formula is C25H24N2O6S. The largest absolute Gasteiger partial charge is 0.478 e. The third-order valence-electron chi connectivity index (χ3n) is 4.70. The average Bonchev–Trinajstić information content (AvgIpc) is 3.23. The van der Waals surface area contributed by atoms with Crippen molar-refractivity contribution in [1.29, 1.82) is 0 Å². The fraction of sp³-hybridized carbons (Fsp3) is 0.200. The predicted octanol–water partition coefficient (Wildman–Crippen LogP) is 4.46. The molecule has 34 heavy (non-hydrogen) atoms. The first-order valence-electron chi connectivity index (χ1n) is 10.5. The zero-order chi connectivity index (χ0) is 24.3. The fourth-order valence-corrected chi connectivity index (χ4v) is 3.73. The topological polar surface area (TPSA) is 129 Å². The second kappa shape index (κ2) is 12.3. The van der Waals surface area contributed by atoms with E-state index in [-0.39, 0.29) is 46.9 Å². The van der Waals surface area contributed by atoms with E-state index in [0.29, 0.717) is 12.8 Å². The van der Waals surface area contributed by atoms with Crippen LogP contribution in [0.3, 0.4) is 0 Å². The monoisotopic (exact) mass is 480 g/mol. The van der Waals surface area contributed by atoms with Crippen molar-refractivity contribution in [2.24, 2.45) is 0 Å². The highest BCUT2D eigenvalue weighted by Crippen LogP contribution is 2.29. The van der Waals surface area contributed by atoms with E-state index in [1.54, 1.807) is 0 Å². The summed E-state index contributed by atoms with van der Waals surface area (Å²) < 4.78 is 10.5. The Morgan fingerprint density at radius 1 is 0.941 bits per heavy atom. The summed E-state index contributed by atoms with van der Waals surface area (Å²) in [5.74, 6) is -2.28. The number of carbonyl (C=O) groups is 3. The molecule has 3 aromatic rings. The number of nitrogens with two attached hydrogens (primary N) is 1. The fourth-order valence-electron chi connectivity index (χ4n) is 2.99. The van der Waals surface area contributed by atoms with Gasteiger partial charge in [0.25, 0.3) is 0 Å². The smallest absolute Gasteiger partial charge is 0.367 e. The number of allylic oxidation sites excluding steroid dienone is 1. The van der Waals surface area contributed by atoms with Crippen molar-refractivity contribution >= 4 is 39.8 Å². The summed E-state index contributed by atoms with van der Waals surface area (Å²) in [6.45, 7) is 0.255. The lowest BCUT2D eigenvalue weighted by Crippen LogP contribution is -2.07. The summed E-state index contributed by atoms with van der Waals surface area (Å²) in [6, 6.07) is 18.5. The van der Waals surface area contributed by atoms with Gasteiger partial charge in [-0.05, 0) is 24.0 Å². The van der Waals surface area contributed by atoms with E-state index in [2.05, 4.69) is 4.98 Å². The maximum atomic E-state index is 12.3. The molecule has 0 aliphatic heterocycles. The molecule has 8 nitrogen and oxygen atoms in total. The van der Waals surface area contributed by atoms with Gasteiger partial charge in [-0.1, -0.05) is 78.1 Å². The minimum absolute atomic E-state index is 0.0100. The first-order chi connectivity index (χ1) is 16.4. The quantitative estimate of drug-likeness (QED) is 0.234. The number of benzene rings is 2. The molecule has 0 saturated carbocycles. The van der Waals surface area contributed by atoms with E-state index in [9.17, 15) is 19.5 Å². The molecular weight excluding hydrogens is 456 g/mol. The van der Waals surface area contributed by atoms with Crippen molar-refractivity contribution < 1.29 is 29.0 Å². The summed E-state index contributed by atoms with van der Waals surface area (Å²) in [4.78, 5) is 40.1. The highest BCUT2D eigenvalue weighted by atomic mass is 32.1. The van der Waals surface area contributed by atoms with Crippen LogP contribution in [0.1, 0.15) is 45.9 Å². The van der Waals surface area contributed by atoms with Gasteiger partial charge in [0.2, 0.25) is 5.01 Å². The molecule has 0 saturated heterocycles. The lowest BCUT2D eigenvalue weighted by molar-refractivity contribution is -0.145. The minimum atomic E-state index is -1.23. The van der Waals surface area contributed by atoms with Crippen LogP contribution in [0.5, 0.6) is 0 Å². The number of hydrogen-bond acceptors (Lipinski definition) is 8. The van der Waals surface area contributed by atoms with E-state index in [1.807, 2.05) is 60.7 Å². The number of rotatable bonds is 11. The first-order valence-corrected chi connectivity index (χ1v) is 11.4. The number of anilines is 1. The Kier molecular flexibility index (Phi) is 8.93. The first kappa shape index (κ1) is 24.7. The van der Waals surface area contributed by atoms with Crippen molar-refractivity contribution in [2.45, 2.75) is 32.5 Å². The Balaban J connectivity index is 1.54. The van der Waals surface area contributed by atoms with Crippen molar-refractivity contribution in [1.82, 2.24) is 4.98 Å². The normalized spacial score (nSPS) is 11.1. The molecule has 0 fully saturated rings. The van der Waals surface area contributed by atoms with E-state index in [1.165, 1.54) is 6.08 Å². The van der Waals surface area contributed by atoms with Gasteiger partial charge in [-0.25, -0.2) is 14.6 Å². The second-order valence-electron chi connectivity index (χ2n) is 7.26. The van der Waals surface area contributed by atoms with Gasteiger partial charge in [0, 0.05) is 6.42 Å². The van der Waals surface area contributed by atoms with E-state index in [0.717, 1.165) is 22.5 Å². The minimum Gasteiger partial charge on any atom is -0.478 e. The Morgan fingerprint density at radius 3 is 2.12 bits per heavy atom. The number of thiazole rings is 1. The number of carboxylic acids is 1. The van der Waals surface area contributed by atoms with Crippen LogP contribution in [0.15, 0.2) is 66.7 Å². The summed E-state index contributed by atoms with van der Waals surface area (Å²) in [6.07, 6.45) is 2.27. The molecule has 1 aromatic heterocycles. The maximum Gasteiger partial charge on any atom is 0.367 e. The molecule has 0 aliphatic rings. The standard InChI is InChI=1S/C25H24N2O6S/c26-22-21(27-23(34-22)25(31)33-16-18-11-5-2-6-12-18)19(24(29)30)13-7-8-14-20(28)32-15-17-9-3-1-4-10-17/h1-6,9-13H,7-8,14-16,26H2,(H,29,30). The van der Waals surface area contributed by atoms with E-state index < -0.39 is 11.9 Å². The molecule has 176 valence electrons. The molecule has 1 heterocycles. The van der Waals surface area contributed by atoms with Gasteiger partial charge in [-0.3, -0.25) is 4.79 Å². The maximum absolute atomic E-state index is 12.3. The van der Waals surface area contributed by atoms with Crippen LogP contribution in [0.25, 0.3) is 5.57 Å². The summed E-state index contributed by atoms with van der Waals surface area (Å²) >= 11 is 0.866. The van der Waals surface area contributed by atoms with Gasteiger partial charge < -0.3 is 20.3 Å². The molecule has 0 radical (unpaired) electrons. The molecule has 3 rings (SSSR count). The number of esters is 2. The van der Waals surface area contributed by atoms with E-state index in [4.69, 9.17) is 15.2 Å². The summed E-state index contributed by atoms with van der Waals surface area (Å²) in [5.41, 5.74) is 7.53. The Bertz CT molecular complexity index is 1160. The molecule has 2 aromatic carbocycles. The predicted molar refractivity (Wildman–Crippen MR) is 128 cm³/mol. The molecule has 0 spiro atoms. The van der Waals surface area contributed by atoms with Gasteiger partial charge >= 0.3 is 17.9 Å². The number of nitrogen functional groups attached to an aromatic ring is 1. The number of aromatic nitrogens is 1. The van der Waals surface area contributed by atoms with Crippen LogP contribution in [0, 0.1) is 0 Å². The van der Waals surface area contributed by atoms with Crippen LogP contribution in [0.2, 0.25) is 0 Å². The van der Waals surface area contributed by atoms with Gasteiger partial charge in [-0.15, -0.1) is 0 Å². The number of carboxylic acid groups (broad SMARTS) is 1. The Morgan fingerprint density at radius 2 is 1.53 bits per heavy atom. The van der Waals surface area contributed by atoms with Gasteiger partial charge in [0.15, 0.2) is 0 Å². The van der Waals surface area contributed by atoms with Crippen molar-refractivity contribution in [3.8, 4) is 0 Å². The van der Waals surface area contributed by atoms with Gasteiger partial charge in [0.1, 0.15) is 23.9 Å². The third kappa shape index (κ3) is 7.28.